The van der Waals surface area contributed by atoms with Crippen molar-refractivity contribution in [2.45, 2.75) is 0 Å². The summed E-state index contributed by atoms with van der Waals surface area (Å²) in [6.07, 6.45) is 0. The van der Waals surface area contributed by atoms with E-state index in [0.29, 0.717) is 0 Å². The van der Waals surface area contributed by atoms with Crippen molar-refractivity contribution in [3.63, 3.8) is 0 Å². The van der Waals surface area contributed by atoms with Gasteiger partial charge in [0.15, 0.2) is 0 Å². The summed E-state index contributed by atoms with van der Waals surface area (Å²) in [4.78, 5) is 34.1. The van der Waals surface area contributed by atoms with Gasteiger partial charge >= 0.3 is 17.1 Å². The van der Waals surface area contributed by atoms with E-state index in [1.54, 1.807) is 9.97 Å². The zero-order chi connectivity index (χ0) is 7.72. The maximum atomic E-state index is 10.3. The van der Waals surface area contributed by atoms with E-state index in [1.807, 2.05) is 0 Å². The predicted molar refractivity (Wildman–Crippen MR) is 34.9 cm³/mol. The standard InChI is InChI=1S/C3H3N3O4.K/c7-1-4-2(8)6(10)3(9)5-1;/h10H,(H2,4,5,7,8,9);. The van der Waals surface area contributed by atoms with Gasteiger partial charge in [0.05, 0.1) is 0 Å². The van der Waals surface area contributed by atoms with Gasteiger partial charge in [-0.25, -0.2) is 14.4 Å². The van der Waals surface area contributed by atoms with Crippen LogP contribution in [0.3, 0.4) is 0 Å². The Morgan fingerprint density at radius 2 is 1.45 bits per heavy atom. The smallest absolute Gasteiger partial charge is 0.367 e. The fourth-order valence-electron chi connectivity index (χ4n) is 0.424. The molecule has 0 spiro atoms. The predicted octanol–water partition coefficient (Wildman–Crippen LogP) is -2.92. The molecule has 0 aromatic carbocycles. The SMILES string of the molecule is O=c1[nH]c(=O)n(O)c(=O)[nH]1.[K]. The molecule has 1 aromatic rings. The Kier molecular flexibility index (Phi) is 3.96. The van der Waals surface area contributed by atoms with Gasteiger partial charge in [0.25, 0.3) is 0 Å². The van der Waals surface area contributed by atoms with E-state index in [9.17, 15) is 14.4 Å². The minimum atomic E-state index is -1.16. The summed E-state index contributed by atoms with van der Waals surface area (Å²) in [7, 11) is 0. The van der Waals surface area contributed by atoms with Gasteiger partial charge in [-0.3, -0.25) is 9.97 Å². The summed E-state index contributed by atoms with van der Waals surface area (Å²) in [5.41, 5.74) is -3.26. The fourth-order valence-corrected chi connectivity index (χ4v) is 0.424. The number of rotatable bonds is 0. The molecule has 0 unspecified atom stereocenters. The first-order chi connectivity index (χ1) is 4.61. The van der Waals surface area contributed by atoms with Crippen LogP contribution in [0.2, 0.25) is 0 Å². The minimum Gasteiger partial charge on any atom is -0.420 e. The van der Waals surface area contributed by atoms with Gasteiger partial charge in [-0.2, -0.15) is 0 Å². The molecule has 0 aliphatic rings. The number of hydrogen-bond acceptors (Lipinski definition) is 4. The number of aromatic amines is 2. The van der Waals surface area contributed by atoms with Crippen molar-refractivity contribution >= 4 is 51.4 Å². The van der Waals surface area contributed by atoms with Crippen molar-refractivity contribution < 1.29 is 5.21 Å². The fraction of sp³-hybridized carbons (Fsp3) is 0. The zero-order valence-corrected chi connectivity index (χ0v) is 8.74. The molecule has 0 saturated carbocycles. The molecule has 0 saturated heterocycles. The number of nitrogens with one attached hydrogen (secondary N) is 2. The summed E-state index contributed by atoms with van der Waals surface area (Å²) in [5, 5.41) is 8.42. The quantitative estimate of drug-likeness (QED) is 0.296. The Morgan fingerprint density at radius 1 is 1.09 bits per heavy atom. The molecule has 1 aromatic heterocycles. The van der Waals surface area contributed by atoms with Crippen LogP contribution in [0.15, 0.2) is 14.4 Å². The number of nitrogens with zero attached hydrogens (tertiary/aromatic N) is 1. The molecule has 7 nitrogen and oxygen atoms in total. The van der Waals surface area contributed by atoms with Crippen molar-refractivity contribution in [1.82, 2.24) is 14.7 Å². The van der Waals surface area contributed by atoms with Crippen LogP contribution in [0.1, 0.15) is 0 Å². The van der Waals surface area contributed by atoms with Crippen molar-refractivity contribution in [2.24, 2.45) is 0 Å². The third-order valence-electron chi connectivity index (χ3n) is 0.826. The molecule has 0 amide bonds. The summed E-state index contributed by atoms with van der Waals surface area (Å²) < 4.78 is -0.235. The van der Waals surface area contributed by atoms with E-state index < -0.39 is 17.1 Å². The van der Waals surface area contributed by atoms with Crippen LogP contribution in [-0.4, -0.2) is 71.3 Å². The monoisotopic (exact) mass is 184 g/mol. The van der Waals surface area contributed by atoms with Crippen molar-refractivity contribution in [2.75, 3.05) is 0 Å². The molecule has 8 heteroatoms. The van der Waals surface area contributed by atoms with E-state index in [0.717, 1.165) is 0 Å². The van der Waals surface area contributed by atoms with Crippen LogP contribution in [0, 0.1) is 0 Å². The molecule has 1 radical (unpaired) electrons. The van der Waals surface area contributed by atoms with Crippen LogP contribution in [-0.2, 0) is 0 Å². The molecule has 11 heavy (non-hydrogen) atoms. The largest absolute Gasteiger partial charge is 0.420 e. The average molecular weight is 184 g/mol. The third kappa shape index (κ3) is 2.41. The first-order valence-electron chi connectivity index (χ1n) is 2.26. The average Bonchev–Trinajstić information content (AvgIpc) is 1.82. The minimum absolute atomic E-state index is 0. The van der Waals surface area contributed by atoms with Gasteiger partial charge < -0.3 is 5.21 Å². The van der Waals surface area contributed by atoms with Crippen LogP contribution in [0.25, 0.3) is 0 Å². The molecule has 1 heterocycles. The van der Waals surface area contributed by atoms with Crippen molar-refractivity contribution in [3.8, 4) is 0 Å². The Hall–Kier alpha value is -0.154. The summed E-state index contributed by atoms with van der Waals surface area (Å²) in [6.45, 7) is 0. The van der Waals surface area contributed by atoms with E-state index in [1.165, 1.54) is 0 Å². The number of aromatic nitrogens is 3. The Morgan fingerprint density at radius 3 is 1.82 bits per heavy atom. The van der Waals surface area contributed by atoms with E-state index in [4.69, 9.17) is 5.21 Å². The van der Waals surface area contributed by atoms with Gasteiger partial charge in [0.1, 0.15) is 0 Å². The number of H-pyrrole nitrogens is 2. The molecule has 0 aliphatic carbocycles. The van der Waals surface area contributed by atoms with E-state index in [2.05, 4.69) is 0 Å². The van der Waals surface area contributed by atoms with Gasteiger partial charge in [-0.05, 0) is 0 Å². The summed E-state index contributed by atoms with van der Waals surface area (Å²) >= 11 is 0. The third-order valence-corrected chi connectivity index (χ3v) is 0.826. The van der Waals surface area contributed by atoms with E-state index >= 15 is 0 Å². The van der Waals surface area contributed by atoms with Gasteiger partial charge in [-0.1, -0.05) is 4.73 Å². The summed E-state index contributed by atoms with van der Waals surface area (Å²) in [5.74, 6) is 0. The first kappa shape index (κ1) is 10.8. The second kappa shape index (κ2) is 4.02. The molecule has 1 rings (SSSR count). The van der Waals surface area contributed by atoms with Gasteiger partial charge in [-0.15, -0.1) is 0 Å². The van der Waals surface area contributed by atoms with E-state index in [-0.39, 0.29) is 56.1 Å². The maximum Gasteiger partial charge on any atom is 0.367 e. The maximum absolute atomic E-state index is 10.3. The van der Waals surface area contributed by atoms with Crippen LogP contribution in [0.4, 0.5) is 0 Å². The van der Waals surface area contributed by atoms with Gasteiger partial charge in [0.2, 0.25) is 0 Å². The van der Waals surface area contributed by atoms with Crippen LogP contribution in [0.5, 0.6) is 0 Å². The Bertz CT molecular complexity index is 366. The van der Waals surface area contributed by atoms with Crippen LogP contribution >= 0.6 is 0 Å². The Labute approximate surface area is 101 Å². The Balaban J connectivity index is 0.000001000. The molecule has 0 atom stereocenters. The second-order valence-electron chi connectivity index (χ2n) is 1.50. The second-order valence-corrected chi connectivity index (χ2v) is 1.50. The molecule has 0 bridgehead atoms. The molecule has 55 valence electrons. The van der Waals surface area contributed by atoms with Gasteiger partial charge in [0, 0.05) is 51.4 Å². The van der Waals surface area contributed by atoms with Crippen LogP contribution < -0.4 is 17.1 Å². The first-order valence-corrected chi connectivity index (χ1v) is 2.26. The number of hydrogen-bond donors (Lipinski definition) is 3. The molecular formula is C3H3KN3O4. The van der Waals surface area contributed by atoms with Crippen molar-refractivity contribution in [3.05, 3.63) is 31.5 Å². The van der Waals surface area contributed by atoms with Crippen molar-refractivity contribution in [1.29, 1.82) is 0 Å². The summed E-state index contributed by atoms with van der Waals surface area (Å²) in [6, 6.07) is 0. The molecule has 0 aliphatic heterocycles. The normalized spacial score (nSPS) is 8.73. The zero-order valence-electron chi connectivity index (χ0n) is 5.62. The molecule has 0 fully saturated rings. The molecule has 3 N–H and O–H groups in total. The molecular weight excluding hydrogens is 181 g/mol. The topological polar surface area (TPSA) is 108 Å².